The van der Waals surface area contributed by atoms with Gasteiger partial charge in [0.1, 0.15) is 5.65 Å². The maximum Gasteiger partial charge on any atom is 0.137 e. The van der Waals surface area contributed by atoms with Crippen molar-refractivity contribution in [2.75, 3.05) is 0 Å². The van der Waals surface area contributed by atoms with Gasteiger partial charge >= 0.3 is 0 Å². The lowest BCUT2D eigenvalue weighted by molar-refractivity contribution is 0.359. The molecule has 0 amide bonds. The van der Waals surface area contributed by atoms with Crippen LogP contribution in [-0.4, -0.2) is 15.0 Å². The van der Waals surface area contributed by atoms with Crippen molar-refractivity contribution in [1.82, 2.24) is 15.0 Å². The molecule has 0 radical (unpaired) electrons. The average molecular weight is 317 g/mol. The Morgan fingerprint density at radius 3 is 2.79 bits per heavy atom. The highest BCUT2D eigenvalue weighted by molar-refractivity contribution is 5.85. The van der Waals surface area contributed by atoms with Gasteiger partial charge in [-0.25, -0.2) is 4.98 Å². The normalized spacial score (nSPS) is 18.1. The van der Waals surface area contributed by atoms with Crippen molar-refractivity contribution in [3.05, 3.63) is 54.5 Å². The summed E-state index contributed by atoms with van der Waals surface area (Å²) in [7, 11) is 0. The molecule has 0 saturated heterocycles. The fourth-order valence-corrected chi connectivity index (χ4v) is 3.57. The lowest BCUT2D eigenvalue weighted by atomic mass is 9.82. The van der Waals surface area contributed by atoms with Crippen molar-refractivity contribution in [1.29, 1.82) is 0 Å². The second-order valence-corrected chi connectivity index (χ2v) is 7.07. The largest absolute Gasteiger partial charge is 0.340 e. The zero-order valence-electron chi connectivity index (χ0n) is 14.3. The summed E-state index contributed by atoms with van der Waals surface area (Å²) in [6.45, 7) is 4.66. The predicted octanol–water partition coefficient (Wildman–Crippen LogP) is 5.46. The number of hydrogen-bond donors (Lipinski definition) is 1. The smallest absolute Gasteiger partial charge is 0.137 e. The Labute approximate surface area is 142 Å². The molecule has 1 aliphatic rings. The number of allylic oxidation sites excluding steroid dienone is 2. The molecular formula is C21H23N3. The second kappa shape index (κ2) is 6.23. The van der Waals surface area contributed by atoms with Gasteiger partial charge in [0.2, 0.25) is 0 Å². The van der Waals surface area contributed by atoms with Crippen LogP contribution in [0.25, 0.3) is 27.9 Å². The molecule has 0 aromatic carbocycles. The molecule has 0 aliphatic heterocycles. The van der Waals surface area contributed by atoms with Crippen LogP contribution in [0.15, 0.2) is 48.8 Å². The lowest BCUT2D eigenvalue weighted by Crippen LogP contribution is -2.11. The van der Waals surface area contributed by atoms with Gasteiger partial charge in [0.05, 0.1) is 5.69 Å². The van der Waals surface area contributed by atoms with Gasteiger partial charge in [-0.05, 0) is 60.9 Å². The minimum atomic E-state index is 0.771. The maximum atomic E-state index is 4.59. The quantitative estimate of drug-likeness (QED) is 0.696. The van der Waals surface area contributed by atoms with Crippen LogP contribution in [0, 0.1) is 11.8 Å². The van der Waals surface area contributed by atoms with Gasteiger partial charge in [0.25, 0.3) is 0 Å². The maximum absolute atomic E-state index is 4.59. The standard InChI is InChI=1S/C21H23N3/c1-14(2)15-6-8-16(9-7-15)20-12-17-11-18(13-23-21(17)24-20)19-5-3-4-10-22-19/h3-5,8,10-15H,6-7,9H2,1-2H3,(H,23,24). The van der Waals surface area contributed by atoms with Crippen LogP contribution in [0.5, 0.6) is 0 Å². The summed E-state index contributed by atoms with van der Waals surface area (Å²) in [6.07, 6.45) is 9.76. The van der Waals surface area contributed by atoms with Gasteiger partial charge in [0, 0.05) is 29.0 Å². The van der Waals surface area contributed by atoms with Crippen LogP contribution < -0.4 is 0 Å². The van der Waals surface area contributed by atoms with E-state index in [1.165, 1.54) is 24.1 Å². The summed E-state index contributed by atoms with van der Waals surface area (Å²) in [5, 5.41) is 1.15. The monoisotopic (exact) mass is 317 g/mol. The third-order valence-corrected chi connectivity index (χ3v) is 5.17. The number of aromatic nitrogens is 3. The number of rotatable bonds is 3. The Hall–Kier alpha value is -2.42. The summed E-state index contributed by atoms with van der Waals surface area (Å²) in [5.74, 6) is 1.60. The Kier molecular flexibility index (Phi) is 3.93. The predicted molar refractivity (Wildman–Crippen MR) is 99.5 cm³/mol. The van der Waals surface area contributed by atoms with E-state index < -0.39 is 0 Å². The molecule has 0 fully saturated rings. The van der Waals surface area contributed by atoms with Crippen molar-refractivity contribution in [2.45, 2.75) is 33.1 Å². The molecule has 1 N–H and O–H groups in total. The molecule has 3 heteroatoms. The molecule has 3 heterocycles. The first-order valence-electron chi connectivity index (χ1n) is 8.80. The molecule has 3 nitrogen and oxygen atoms in total. The van der Waals surface area contributed by atoms with E-state index in [0.717, 1.165) is 40.5 Å². The summed E-state index contributed by atoms with van der Waals surface area (Å²) >= 11 is 0. The van der Waals surface area contributed by atoms with Crippen LogP contribution >= 0.6 is 0 Å². The summed E-state index contributed by atoms with van der Waals surface area (Å²) in [4.78, 5) is 12.5. The number of nitrogens with one attached hydrogen (secondary N) is 1. The number of nitrogens with zero attached hydrogens (tertiary/aromatic N) is 2. The third-order valence-electron chi connectivity index (χ3n) is 5.17. The van der Waals surface area contributed by atoms with E-state index in [4.69, 9.17) is 0 Å². The van der Waals surface area contributed by atoms with E-state index in [2.05, 4.69) is 47.0 Å². The molecule has 24 heavy (non-hydrogen) atoms. The first kappa shape index (κ1) is 15.1. The first-order valence-corrected chi connectivity index (χ1v) is 8.80. The number of pyridine rings is 2. The van der Waals surface area contributed by atoms with E-state index >= 15 is 0 Å². The molecule has 0 bridgehead atoms. The minimum absolute atomic E-state index is 0.771. The Bertz CT molecular complexity index is 874. The van der Waals surface area contributed by atoms with E-state index in [9.17, 15) is 0 Å². The van der Waals surface area contributed by atoms with Crippen molar-refractivity contribution < 1.29 is 0 Å². The number of H-pyrrole nitrogens is 1. The summed E-state index contributed by atoms with van der Waals surface area (Å²) in [6, 6.07) is 10.4. The van der Waals surface area contributed by atoms with Crippen molar-refractivity contribution in [3.8, 4) is 11.3 Å². The van der Waals surface area contributed by atoms with E-state index in [1.54, 1.807) is 0 Å². The summed E-state index contributed by atoms with van der Waals surface area (Å²) < 4.78 is 0. The van der Waals surface area contributed by atoms with Gasteiger partial charge < -0.3 is 4.98 Å². The summed E-state index contributed by atoms with van der Waals surface area (Å²) in [5.41, 5.74) is 5.64. The molecule has 0 spiro atoms. The van der Waals surface area contributed by atoms with Crippen LogP contribution in [-0.2, 0) is 0 Å². The highest BCUT2D eigenvalue weighted by atomic mass is 14.9. The topological polar surface area (TPSA) is 41.6 Å². The van der Waals surface area contributed by atoms with E-state index in [0.29, 0.717) is 0 Å². The molecule has 4 rings (SSSR count). The Balaban J connectivity index is 1.65. The fraction of sp³-hybridized carbons (Fsp3) is 0.333. The Morgan fingerprint density at radius 1 is 1.17 bits per heavy atom. The SMILES string of the molecule is CC(C)C1CC=C(c2cc3cc(-c4ccccn4)cnc3[nH]2)CC1. The lowest BCUT2D eigenvalue weighted by Gasteiger charge is -2.24. The van der Waals surface area contributed by atoms with Gasteiger partial charge in [-0.1, -0.05) is 26.0 Å². The number of hydrogen-bond acceptors (Lipinski definition) is 2. The van der Waals surface area contributed by atoms with Crippen LogP contribution in [0.2, 0.25) is 0 Å². The van der Waals surface area contributed by atoms with Gasteiger partial charge in [-0.3, -0.25) is 4.98 Å². The van der Waals surface area contributed by atoms with Crippen LogP contribution in [0.4, 0.5) is 0 Å². The van der Waals surface area contributed by atoms with E-state index in [-0.39, 0.29) is 0 Å². The molecule has 1 atom stereocenters. The van der Waals surface area contributed by atoms with Crippen molar-refractivity contribution >= 4 is 16.6 Å². The third kappa shape index (κ3) is 2.86. The molecule has 122 valence electrons. The van der Waals surface area contributed by atoms with Gasteiger partial charge in [-0.2, -0.15) is 0 Å². The molecule has 0 saturated carbocycles. The minimum Gasteiger partial charge on any atom is -0.340 e. The molecule has 1 unspecified atom stereocenters. The van der Waals surface area contributed by atoms with Crippen molar-refractivity contribution in [2.24, 2.45) is 11.8 Å². The number of aromatic amines is 1. The van der Waals surface area contributed by atoms with Crippen molar-refractivity contribution in [3.63, 3.8) is 0 Å². The fourth-order valence-electron chi connectivity index (χ4n) is 3.57. The highest BCUT2D eigenvalue weighted by Gasteiger charge is 2.19. The molecule has 3 aromatic rings. The molecule has 3 aromatic heterocycles. The van der Waals surface area contributed by atoms with Gasteiger partial charge in [-0.15, -0.1) is 0 Å². The van der Waals surface area contributed by atoms with Crippen LogP contribution in [0.3, 0.4) is 0 Å². The Morgan fingerprint density at radius 2 is 2.08 bits per heavy atom. The van der Waals surface area contributed by atoms with Crippen LogP contribution in [0.1, 0.15) is 38.8 Å². The average Bonchev–Trinajstić information content (AvgIpc) is 3.06. The first-order chi connectivity index (χ1) is 11.7. The molecule has 1 aliphatic carbocycles. The molecular weight excluding hydrogens is 294 g/mol. The van der Waals surface area contributed by atoms with Gasteiger partial charge in [0.15, 0.2) is 0 Å². The number of fused-ring (bicyclic) bond motifs is 1. The highest BCUT2D eigenvalue weighted by Crippen LogP contribution is 2.34. The second-order valence-electron chi connectivity index (χ2n) is 7.07. The zero-order chi connectivity index (χ0) is 16.5. The van der Waals surface area contributed by atoms with E-state index in [1.807, 2.05) is 30.6 Å². The zero-order valence-corrected chi connectivity index (χ0v) is 14.3.